The van der Waals surface area contributed by atoms with Gasteiger partial charge in [-0.3, -0.25) is 14.5 Å². The van der Waals surface area contributed by atoms with Crippen LogP contribution in [0.3, 0.4) is 0 Å². The molecule has 1 fully saturated rings. The number of carbonyl (C=O) groups excluding carboxylic acids is 2. The molecule has 1 saturated heterocycles. The number of rotatable bonds is 7. The lowest BCUT2D eigenvalue weighted by Gasteiger charge is -2.35. The lowest BCUT2D eigenvalue weighted by Crippen LogP contribution is -2.46. The van der Waals surface area contributed by atoms with Crippen molar-refractivity contribution in [2.45, 2.75) is 19.0 Å². The maximum Gasteiger partial charge on any atom is 0.309 e. The van der Waals surface area contributed by atoms with E-state index in [0.29, 0.717) is 19.8 Å². The Morgan fingerprint density at radius 3 is 2.48 bits per heavy atom. The Balaban J connectivity index is 1.37. The molecular formula is C25H32N4O4. The molecule has 8 nitrogen and oxygen atoms in total. The number of ether oxygens (including phenoxy) is 2. The van der Waals surface area contributed by atoms with E-state index in [2.05, 4.69) is 45.7 Å². The monoisotopic (exact) mass is 452 g/mol. The van der Waals surface area contributed by atoms with Gasteiger partial charge >= 0.3 is 11.8 Å². The first-order valence-corrected chi connectivity index (χ1v) is 11.4. The summed E-state index contributed by atoms with van der Waals surface area (Å²) in [4.78, 5) is 29.5. The van der Waals surface area contributed by atoms with Crippen LogP contribution in [0.25, 0.3) is 0 Å². The molecule has 1 atom stereocenters. The van der Waals surface area contributed by atoms with Crippen LogP contribution in [0.15, 0.2) is 42.5 Å². The Kier molecular flexibility index (Phi) is 7.47. The van der Waals surface area contributed by atoms with E-state index in [1.807, 2.05) is 24.3 Å². The molecule has 0 aromatic heterocycles. The summed E-state index contributed by atoms with van der Waals surface area (Å²) in [6, 6.07) is 13.9. The lowest BCUT2D eigenvalue weighted by molar-refractivity contribution is -0.139. The predicted molar refractivity (Wildman–Crippen MR) is 126 cm³/mol. The second kappa shape index (κ2) is 10.7. The zero-order valence-corrected chi connectivity index (χ0v) is 19.3. The molecule has 0 radical (unpaired) electrons. The van der Waals surface area contributed by atoms with Gasteiger partial charge in [0.05, 0.1) is 26.4 Å². The number of nitrogens with zero attached hydrogens (tertiary/aromatic N) is 2. The molecule has 2 heterocycles. The van der Waals surface area contributed by atoms with Crippen LogP contribution in [0.5, 0.6) is 5.75 Å². The molecule has 0 saturated carbocycles. The molecule has 4 rings (SSSR count). The summed E-state index contributed by atoms with van der Waals surface area (Å²) in [6.07, 6.45) is 1.02. The van der Waals surface area contributed by atoms with Gasteiger partial charge in [-0.05, 0) is 41.3 Å². The third kappa shape index (κ3) is 5.64. The van der Waals surface area contributed by atoms with Gasteiger partial charge in [0.15, 0.2) is 0 Å². The van der Waals surface area contributed by atoms with E-state index in [0.717, 1.165) is 42.9 Å². The van der Waals surface area contributed by atoms with Crippen LogP contribution in [0.2, 0.25) is 0 Å². The quantitative estimate of drug-likeness (QED) is 0.620. The van der Waals surface area contributed by atoms with Crippen molar-refractivity contribution in [3.63, 3.8) is 0 Å². The maximum atomic E-state index is 12.5. The van der Waals surface area contributed by atoms with E-state index >= 15 is 0 Å². The van der Waals surface area contributed by atoms with Gasteiger partial charge in [0, 0.05) is 45.5 Å². The highest BCUT2D eigenvalue weighted by molar-refractivity contribution is 6.35. The summed E-state index contributed by atoms with van der Waals surface area (Å²) >= 11 is 0. The molecule has 2 N–H and O–H groups in total. The van der Waals surface area contributed by atoms with Gasteiger partial charge in [-0.2, -0.15) is 0 Å². The van der Waals surface area contributed by atoms with Crippen molar-refractivity contribution < 1.29 is 19.1 Å². The normalized spacial score (nSPS) is 16.7. The third-order valence-electron chi connectivity index (χ3n) is 6.38. The molecule has 2 amide bonds. The number of methoxy groups -OCH3 is 1. The number of carbonyl (C=O) groups is 2. The summed E-state index contributed by atoms with van der Waals surface area (Å²) in [5.41, 5.74) is 4.65. The van der Waals surface area contributed by atoms with Crippen LogP contribution in [-0.4, -0.2) is 70.3 Å². The van der Waals surface area contributed by atoms with Crippen LogP contribution < -0.4 is 20.3 Å². The Bertz CT molecular complexity index is 973. The molecule has 0 unspecified atom stereocenters. The van der Waals surface area contributed by atoms with E-state index in [-0.39, 0.29) is 12.6 Å². The van der Waals surface area contributed by atoms with Gasteiger partial charge in [0.1, 0.15) is 5.75 Å². The fourth-order valence-electron chi connectivity index (χ4n) is 4.42. The molecular weight excluding hydrogens is 420 g/mol. The number of anilines is 1. The summed E-state index contributed by atoms with van der Waals surface area (Å²) in [5, 5.41) is 5.53. The van der Waals surface area contributed by atoms with Crippen LogP contribution in [0.4, 0.5) is 5.69 Å². The molecule has 2 aromatic carbocycles. The fraction of sp³-hybridized carbons (Fsp3) is 0.440. The largest absolute Gasteiger partial charge is 0.497 e. The molecule has 176 valence electrons. The van der Waals surface area contributed by atoms with E-state index in [9.17, 15) is 9.59 Å². The number of hydrogen-bond acceptors (Lipinski definition) is 6. The number of nitrogens with one attached hydrogen (secondary N) is 2. The minimum Gasteiger partial charge on any atom is -0.497 e. The molecule has 33 heavy (non-hydrogen) atoms. The Labute approximate surface area is 194 Å². The van der Waals surface area contributed by atoms with Gasteiger partial charge in [0.2, 0.25) is 0 Å². The van der Waals surface area contributed by atoms with Crippen molar-refractivity contribution in [2.75, 3.05) is 58.5 Å². The number of benzene rings is 2. The number of hydrogen-bond donors (Lipinski definition) is 2. The Morgan fingerprint density at radius 2 is 1.76 bits per heavy atom. The SMILES string of the molecule is COc1ccc(CNC(=O)C(=O)NC[C@@H](c2ccc3c(c2)CCN3C)N2CCOCC2)cc1. The average molecular weight is 453 g/mol. The number of amides is 2. The molecule has 0 aliphatic carbocycles. The van der Waals surface area contributed by atoms with Crippen LogP contribution in [0.1, 0.15) is 22.7 Å². The van der Waals surface area contributed by atoms with E-state index < -0.39 is 11.8 Å². The third-order valence-corrected chi connectivity index (χ3v) is 6.38. The number of fused-ring (bicyclic) bond motifs is 1. The second-order valence-corrected chi connectivity index (χ2v) is 8.46. The first-order chi connectivity index (χ1) is 16.0. The first kappa shape index (κ1) is 23.1. The second-order valence-electron chi connectivity index (χ2n) is 8.46. The minimum atomic E-state index is -0.637. The van der Waals surface area contributed by atoms with Gasteiger partial charge in [-0.15, -0.1) is 0 Å². The van der Waals surface area contributed by atoms with Crippen LogP contribution in [0, 0.1) is 0 Å². The highest BCUT2D eigenvalue weighted by atomic mass is 16.5. The standard InChI is InChI=1S/C25H32N4O4/c1-28-10-9-20-15-19(5-8-22(20)28)23(29-11-13-33-14-12-29)17-27-25(31)24(30)26-16-18-3-6-21(32-2)7-4-18/h3-8,15,23H,9-14,16-17H2,1-2H3,(H,26,30)(H,27,31)/t23-/m0/s1. The minimum absolute atomic E-state index is 0.0107. The highest BCUT2D eigenvalue weighted by Crippen LogP contribution is 2.31. The van der Waals surface area contributed by atoms with Crippen molar-refractivity contribution in [1.82, 2.24) is 15.5 Å². The van der Waals surface area contributed by atoms with Crippen molar-refractivity contribution in [2.24, 2.45) is 0 Å². The summed E-state index contributed by atoms with van der Waals surface area (Å²) in [6.45, 7) is 4.58. The summed E-state index contributed by atoms with van der Waals surface area (Å²) in [7, 11) is 3.71. The van der Waals surface area contributed by atoms with Crippen molar-refractivity contribution in [1.29, 1.82) is 0 Å². The summed E-state index contributed by atoms with van der Waals surface area (Å²) < 4.78 is 10.7. The van der Waals surface area contributed by atoms with E-state index in [1.54, 1.807) is 7.11 Å². The Morgan fingerprint density at radius 1 is 1.03 bits per heavy atom. The molecule has 0 bridgehead atoms. The van der Waals surface area contributed by atoms with E-state index in [4.69, 9.17) is 9.47 Å². The molecule has 2 aliphatic rings. The fourth-order valence-corrected chi connectivity index (χ4v) is 4.42. The lowest BCUT2D eigenvalue weighted by atomic mass is 10.0. The number of likely N-dealkylation sites (N-methyl/N-ethyl adjacent to an activating group) is 1. The maximum absolute atomic E-state index is 12.5. The first-order valence-electron chi connectivity index (χ1n) is 11.4. The van der Waals surface area contributed by atoms with Crippen LogP contribution in [-0.2, 0) is 27.3 Å². The smallest absolute Gasteiger partial charge is 0.309 e. The van der Waals surface area contributed by atoms with Gasteiger partial charge in [0.25, 0.3) is 0 Å². The zero-order valence-electron chi connectivity index (χ0n) is 19.3. The Hall–Kier alpha value is -3.10. The van der Waals surface area contributed by atoms with Crippen molar-refractivity contribution in [3.05, 3.63) is 59.2 Å². The van der Waals surface area contributed by atoms with Crippen molar-refractivity contribution in [3.8, 4) is 5.75 Å². The molecule has 8 heteroatoms. The average Bonchev–Trinajstić information content (AvgIpc) is 3.23. The van der Waals surface area contributed by atoms with Gasteiger partial charge in [-0.25, -0.2) is 0 Å². The predicted octanol–water partition coefficient (Wildman–Crippen LogP) is 1.49. The number of morpholine rings is 1. The van der Waals surface area contributed by atoms with Gasteiger partial charge < -0.3 is 25.0 Å². The molecule has 0 spiro atoms. The van der Waals surface area contributed by atoms with Gasteiger partial charge in [-0.1, -0.05) is 24.3 Å². The molecule has 2 aromatic rings. The van der Waals surface area contributed by atoms with E-state index in [1.165, 1.54) is 11.3 Å². The van der Waals surface area contributed by atoms with Crippen molar-refractivity contribution >= 4 is 17.5 Å². The molecule has 2 aliphatic heterocycles. The zero-order chi connectivity index (χ0) is 23.2. The highest BCUT2D eigenvalue weighted by Gasteiger charge is 2.26. The summed E-state index contributed by atoms with van der Waals surface area (Å²) in [5.74, 6) is -0.514. The van der Waals surface area contributed by atoms with Crippen LogP contribution >= 0.6 is 0 Å². The topological polar surface area (TPSA) is 83.1 Å².